The maximum atomic E-state index is 13.3. The highest BCUT2D eigenvalue weighted by Crippen LogP contribution is 2.25. The van der Waals surface area contributed by atoms with Gasteiger partial charge in [0.1, 0.15) is 5.75 Å². The molecule has 0 spiro atoms. The second kappa shape index (κ2) is 8.71. The van der Waals surface area contributed by atoms with E-state index in [1.165, 1.54) is 0 Å². The molecule has 1 unspecified atom stereocenters. The molecule has 31 heavy (non-hydrogen) atoms. The molecule has 3 aromatic carbocycles. The summed E-state index contributed by atoms with van der Waals surface area (Å²) < 4.78 is 30.1. The number of rotatable bonds is 6. The van der Waals surface area contributed by atoms with Crippen LogP contribution >= 0.6 is 0 Å². The van der Waals surface area contributed by atoms with Crippen LogP contribution in [0.15, 0.2) is 60.7 Å². The third kappa shape index (κ3) is 4.74. The lowest BCUT2D eigenvalue weighted by Gasteiger charge is -2.29. The molecule has 4 rings (SSSR count). The highest BCUT2D eigenvalue weighted by molar-refractivity contribution is 7.91. The van der Waals surface area contributed by atoms with Gasteiger partial charge in [-0.25, -0.2) is 8.42 Å². The molecule has 162 valence electrons. The molecule has 1 atom stereocenters. The van der Waals surface area contributed by atoms with Gasteiger partial charge < -0.3 is 9.64 Å². The quantitative estimate of drug-likeness (QED) is 0.584. The van der Waals surface area contributed by atoms with Gasteiger partial charge in [0.15, 0.2) is 16.4 Å². The van der Waals surface area contributed by atoms with Gasteiger partial charge >= 0.3 is 0 Å². The van der Waals surface area contributed by atoms with Crippen LogP contribution in [0.4, 0.5) is 0 Å². The maximum absolute atomic E-state index is 13.3. The van der Waals surface area contributed by atoms with E-state index < -0.39 is 9.84 Å². The van der Waals surface area contributed by atoms with Gasteiger partial charge in [0.2, 0.25) is 0 Å². The topological polar surface area (TPSA) is 63.7 Å². The molecule has 0 N–H and O–H groups in total. The summed E-state index contributed by atoms with van der Waals surface area (Å²) in [7, 11) is -3.12. The number of sulfone groups is 1. The predicted octanol–water partition coefficient (Wildman–Crippen LogP) is 4.05. The molecule has 1 fully saturated rings. The Morgan fingerprint density at radius 3 is 2.55 bits per heavy atom. The van der Waals surface area contributed by atoms with Crippen LogP contribution in [0.3, 0.4) is 0 Å². The summed E-state index contributed by atoms with van der Waals surface area (Å²) in [6, 6.07) is 19.5. The van der Waals surface area contributed by atoms with Crippen LogP contribution in [-0.4, -0.2) is 43.4 Å². The monoisotopic (exact) mass is 437 g/mol. The van der Waals surface area contributed by atoms with Gasteiger partial charge in [-0.1, -0.05) is 54.6 Å². The highest BCUT2D eigenvalue weighted by atomic mass is 32.2. The molecular formula is C25H27NO4S. The zero-order valence-corrected chi connectivity index (χ0v) is 18.7. The number of ether oxygens (including phenoxy) is 1. The first-order valence-corrected chi connectivity index (χ1v) is 12.3. The summed E-state index contributed by atoms with van der Waals surface area (Å²) in [6.07, 6.45) is 0.461. The molecule has 0 bridgehead atoms. The first-order valence-electron chi connectivity index (χ1n) is 10.5. The van der Waals surface area contributed by atoms with Crippen LogP contribution in [0.1, 0.15) is 23.1 Å². The number of carbonyl (C=O) groups excluding carboxylic acids is 1. The highest BCUT2D eigenvalue weighted by Gasteiger charge is 2.35. The van der Waals surface area contributed by atoms with Crippen LogP contribution in [-0.2, 0) is 21.2 Å². The van der Waals surface area contributed by atoms with Crippen LogP contribution in [0, 0.1) is 13.8 Å². The third-order valence-corrected chi connectivity index (χ3v) is 7.85. The number of benzene rings is 3. The fourth-order valence-corrected chi connectivity index (χ4v) is 5.89. The number of hydrogen-bond donors (Lipinski definition) is 0. The van der Waals surface area contributed by atoms with E-state index in [2.05, 4.69) is 0 Å². The Labute approximate surface area is 183 Å². The molecule has 0 saturated carbocycles. The van der Waals surface area contributed by atoms with Gasteiger partial charge in [0, 0.05) is 12.6 Å². The van der Waals surface area contributed by atoms with E-state index in [1.807, 2.05) is 74.5 Å². The molecule has 0 aromatic heterocycles. The molecule has 1 aliphatic heterocycles. The first kappa shape index (κ1) is 21.4. The Hall–Kier alpha value is -2.86. The van der Waals surface area contributed by atoms with Gasteiger partial charge in [0.05, 0.1) is 11.5 Å². The van der Waals surface area contributed by atoms with Crippen molar-refractivity contribution in [2.24, 2.45) is 0 Å². The molecule has 1 aliphatic rings. The fraction of sp³-hybridized carbons (Fsp3) is 0.320. The molecular weight excluding hydrogens is 410 g/mol. The van der Waals surface area contributed by atoms with E-state index in [9.17, 15) is 13.2 Å². The lowest BCUT2D eigenvalue weighted by atomic mass is 10.0. The number of hydrogen-bond acceptors (Lipinski definition) is 4. The van der Waals surface area contributed by atoms with Crippen LogP contribution in [0.2, 0.25) is 0 Å². The average molecular weight is 438 g/mol. The van der Waals surface area contributed by atoms with Crippen molar-refractivity contribution in [3.8, 4) is 5.75 Å². The molecule has 1 saturated heterocycles. The van der Waals surface area contributed by atoms with Gasteiger partial charge in [-0.3, -0.25) is 4.79 Å². The number of carbonyl (C=O) groups is 1. The zero-order valence-electron chi connectivity index (χ0n) is 17.9. The minimum absolute atomic E-state index is 0.00692. The van der Waals surface area contributed by atoms with Crippen LogP contribution in [0.5, 0.6) is 5.75 Å². The Morgan fingerprint density at radius 2 is 1.77 bits per heavy atom. The predicted molar refractivity (Wildman–Crippen MR) is 123 cm³/mol. The Morgan fingerprint density at radius 1 is 1.03 bits per heavy atom. The van der Waals surface area contributed by atoms with E-state index >= 15 is 0 Å². The summed E-state index contributed by atoms with van der Waals surface area (Å²) in [5.41, 5.74) is 3.10. The van der Waals surface area contributed by atoms with Crippen LogP contribution in [0.25, 0.3) is 10.8 Å². The minimum Gasteiger partial charge on any atom is -0.483 e. The Balaban J connectivity index is 1.59. The Bertz CT molecular complexity index is 1210. The molecule has 1 amide bonds. The van der Waals surface area contributed by atoms with Gasteiger partial charge in [-0.15, -0.1) is 0 Å². The molecule has 6 heteroatoms. The van der Waals surface area contributed by atoms with Crippen molar-refractivity contribution in [2.45, 2.75) is 32.9 Å². The normalized spacial score (nSPS) is 17.5. The smallest absolute Gasteiger partial charge is 0.261 e. The SMILES string of the molecule is Cc1cccc(OCC(=O)N(Cc2cccc3ccccc23)C2CCS(=O)(=O)C2)c1C. The summed E-state index contributed by atoms with van der Waals surface area (Å²) >= 11 is 0. The van der Waals surface area contributed by atoms with Gasteiger partial charge in [-0.05, 0) is 53.8 Å². The molecule has 0 aliphatic carbocycles. The van der Waals surface area contributed by atoms with Gasteiger partial charge in [0.25, 0.3) is 5.91 Å². The Kier molecular flexibility index (Phi) is 6.01. The first-order chi connectivity index (χ1) is 14.8. The largest absolute Gasteiger partial charge is 0.483 e. The van der Waals surface area contributed by atoms with E-state index in [-0.39, 0.29) is 30.1 Å². The van der Waals surface area contributed by atoms with Crippen molar-refractivity contribution < 1.29 is 17.9 Å². The lowest BCUT2D eigenvalue weighted by Crippen LogP contribution is -2.43. The third-order valence-electron chi connectivity index (χ3n) is 6.10. The minimum atomic E-state index is -3.12. The maximum Gasteiger partial charge on any atom is 0.261 e. The van der Waals surface area contributed by atoms with E-state index in [0.717, 1.165) is 27.5 Å². The molecule has 0 radical (unpaired) electrons. The van der Waals surface area contributed by atoms with Crippen molar-refractivity contribution in [3.05, 3.63) is 77.4 Å². The van der Waals surface area contributed by atoms with E-state index in [1.54, 1.807) is 4.90 Å². The van der Waals surface area contributed by atoms with E-state index in [0.29, 0.717) is 18.7 Å². The van der Waals surface area contributed by atoms with E-state index in [4.69, 9.17) is 4.74 Å². The number of aryl methyl sites for hydroxylation is 1. The fourth-order valence-electron chi connectivity index (χ4n) is 4.16. The van der Waals surface area contributed by atoms with Crippen LogP contribution < -0.4 is 4.74 Å². The van der Waals surface area contributed by atoms with Crippen molar-refractivity contribution >= 4 is 26.5 Å². The zero-order chi connectivity index (χ0) is 22.0. The average Bonchev–Trinajstić information content (AvgIpc) is 3.12. The van der Waals surface area contributed by atoms with Crippen molar-refractivity contribution in [1.29, 1.82) is 0 Å². The van der Waals surface area contributed by atoms with Crippen molar-refractivity contribution in [3.63, 3.8) is 0 Å². The second-order valence-electron chi connectivity index (χ2n) is 8.20. The van der Waals surface area contributed by atoms with Crippen molar-refractivity contribution in [2.75, 3.05) is 18.1 Å². The van der Waals surface area contributed by atoms with Gasteiger partial charge in [-0.2, -0.15) is 0 Å². The number of amides is 1. The molecule has 5 nitrogen and oxygen atoms in total. The summed E-state index contributed by atoms with van der Waals surface area (Å²) in [4.78, 5) is 14.9. The molecule has 3 aromatic rings. The summed E-state index contributed by atoms with van der Waals surface area (Å²) in [5.74, 6) is 0.607. The summed E-state index contributed by atoms with van der Waals surface area (Å²) in [6.45, 7) is 4.20. The second-order valence-corrected chi connectivity index (χ2v) is 10.4. The lowest BCUT2D eigenvalue weighted by molar-refractivity contribution is -0.136. The summed E-state index contributed by atoms with van der Waals surface area (Å²) in [5, 5.41) is 2.16. The standard InChI is InChI=1S/C25H27NO4S/c1-18-7-5-12-24(19(18)2)30-16-25(27)26(22-13-14-31(28,29)17-22)15-21-10-6-9-20-8-3-4-11-23(20)21/h3-12,22H,13-17H2,1-2H3. The van der Waals surface area contributed by atoms with Crippen molar-refractivity contribution in [1.82, 2.24) is 4.90 Å². The number of fused-ring (bicyclic) bond motifs is 1. The molecule has 1 heterocycles. The number of nitrogens with zero attached hydrogens (tertiary/aromatic N) is 1.